The zero-order valence-corrected chi connectivity index (χ0v) is 11.8. The van der Waals surface area contributed by atoms with Crippen LogP contribution in [0, 0.1) is 17.8 Å². The smallest absolute Gasteiger partial charge is 0.335 e. The van der Waals surface area contributed by atoms with Crippen molar-refractivity contribution >= 4 is 23.5 Å². The van der Waals surface area contributed by atoms with E-state index >= 15 is 0 Å². The van der Waals surface area contributed by atoms with Gasteiger partial charge in [0.2, 0.25) is 11.8 Å². The maximum absolute atomic E-state index is 12.5. The van der Waals surface area contributed by atoms with E-state index in [2.05, 4.69) is 6.92 Å². The Balaban J connectivity index is 1.95. The number of imide groups is 1. The van der Waals surface area contributed by atoms with Gasteiger partial charge in [-0.1, -0.05) is 13.0 Å². The molecule has 0 spiro atoms. The summed E-state index contributed by atoms with van der Waals surface area (Å²) in [5.41, 5.74) is 0.447. The number of aromatic carboxylic acids is 1. The Kier molecular flexibility index (Phi) is 3.27. The maximum Gasteiger partial charge on any atom is 0.335 e. The molecule has 2 amide bonds. The molecular weight excluding hydrogens is 270 g/mol. The molecule has 110 valence electrons. The molecule has 5 heteroatoms. The third-order valence-corrected chi connectivity index (χ3v) is 4.54. The Hall–Kier alpha value is -2.17. The van der Waals surface area contributed by atoms with Crippen molar-refractivity contribution in [2.24, 2.45) is 17.8 Å². The molecule has 0 radical (unpaired) electrons. The first kappa shape index (κ1) is 13.8. The monoisotopic (exact) mass is 287 g/mol. The summed E-state index contributed by atoms with van der Waals surface area (Å²) < 4.78 is 0. The molecule has 1 aliphatic carbocycles. The van der Waals surface area contributed by atoms with E-state index in [4.69, 9.17) is 5.11 Å². The highest BCUT2D eigenvalue weighted by Gasteiger charge is 2.49. The molecule has 1 saturated heterocycles. The number of anilines is 1. The number of carboxylic acids is 1. The molecule has 1 N–H and O–H groups in total. The first-order chi connectivity index (χ1) is 9.99. The van der Waals surface area contributed by atoms with E-state index in [1.165, 1.54) is 17.0 Å². The first-order valence-electron chi connectivity index (χ1n) is 7.20. The van der Waals surface area contributed by atoms with Crippen LogP contribution in [0.15, 0.2) is 24.3 Å². The number of hydrogen-bond donors (Lipinski definition) is 1. The van der Waals surface area contributed by atoms with Gasteiger partial charge < -0.3 is 5.11 Å². The van der Waals surface area contributed by atoms with Gasteiger partial charge in [-0.3, -0.25) is 14.5 Å². The summed E-state index contributed by atoms with van der Waals surface area (Å²) in [6, 6.07) is 6.01. The highest BCUT2D eigenvalue weighted by Crippen LogP contribution is 2.42. The first-order valence-corrected chi connectivity index (χ1v) is 7.20. The lowest BCUT2D eigenvalue weighted by atomic mass is 9.76. The van der Waals surface area contributed by atoms with Gasteiger partial charge in [-0.25, -0.2) is 4.79 Å². The van der Waals surface area contributed by atoms with Crippen molar-refractivity contribution in [2.75, 3.05) is 4.90 Å². The number of amides is 2. The molecule has 1 heterocycles. The topological polar surface area (TPSA) is 74.7 Å². The van der Waals surface area contributed by atoms with Gasteiger partial charge in [-0.15, -0.1) is 0 Å². The molecule has 21 heavy (non-hydrogen) atoms. The molecule has 1 aromatic rings. The molecule has 0 aromatic heterocycles. The van der Waals surface area contributed by atoms with Gasteiger partial charge in [0.25, 0.3) is 0 Å². The second-order valence-corrected chi connectivity index (χ2v) is 6.00. The van der Waals surface area contributed by atoms with Gasteiger partial charge in [0, 0.05) is 0 Å². The minimum absolute atomic E-state index is 0.0799. The lowest BCUT2D eigenvalue weighted by Gasteiger charge is -2.25. The summed E-state index contributed by atoms with van der Waals surface area (Å²) in [6.45, 7) is 2.10. The van der Waals surface area contributed by atoms with Crippen LogP contribution in [0.4, 0.5) is 5.69 Å². The number of benzene rings is 1. The van der Waals surface area contributed by atoms with E-state index in [-0.39, 0.29) is 29.2 Å². The Morgan fingerprint density at radius 2 is 1.90 bits per heavy atom. The minimum atomic E-state index is -1.07. The van der Waals surface area contributed by atoms with Gasteiger partial charge in [0.05, 0.1) is 23.1 Å². The molecule has 5 nitrogen and oxygen atoms in total. The van der Waals surface area contributed by atoms with Crippen LogP contribution in [0.2, 0.25) is 0 Å². The Morgan fingerprint density at radius 1 is 1.19 bits per heavy atom. The molecule has 1 aromatic carbocycles. The van der Waals surface area contributed by atoms with Crippen LogP contribution in [-0.2, 0) is 9.59 Å². The average molecular weight is 287 g/mol. The van der Waals surface area contributed by atoms with E-state index in [0.717, 1.165) is 19.3 Å². The highest BCUT2D eigenvalue weighted by molar-refractivity contribution is 6.22. The lowest BCUT2D eigenvalue weighted by Crippen LogP contribution is -2.31. The van der Waals surface area contributed by atoms with Crippen LogP contribution in [0.25, 0.3) is 0 Å². The van der Waals surface area contributed by atoms with E-state index in [0.29, 0.717) is 11.6 Å². The van der Waals surface area contributed by atoms with Crippen molar-refractivity contribution in [1.82, 2.24) is 0 Å². The number of fused-ring (bicyclic) bond motifs is 1. The van der Waals surface area contributed by atoms with Crippen molar-refractivity contribution in [1.29, 1.82) is 0 Å². The SMILES string of the molecule is C[C@@H]1CC[C@H]2C(=O)N(c3cccc(C(=O)O)c3)C(=O)[C@@H]2C1. The normalized spacial score (nSPS) is 28.6. The third kappa shape index (κ3) is 2.22. The molecule has 3 atom stereocenters. The molecule has 3 rings (SSSR count). The van der Waals surface area contributed by atoms with Gasteiger partial charge in [0.15, 0.2) is 0 Å². The molecule has 2 aliphatic rings. The lowest BCUT2D eigenvalue weighted by molar-refractivity contribution is -0.122. The number of carbonyl (C=O) groups excluding carboxylic acids is 2. The van der Waals surface area contributed by atoms with Gasteiger partial charge in [-0.05, 0) is 43.4 Å². The fourth-order valence-electron chi connectivity index (χ4n) is 3.42. The van der Waals surface area contributed by atoms with Crippen LogP contribution in [0.1, 0.15) is 36.5 Å². The summed E-state index contributed by atoms with van der Waals surface area (Å²) in [6.07, 6.45) is 2.44. The molecule has 1 saturated carbocycles. The van der Waals surface area contributed by atoms with E-state index in [1.54, 1.807) is 12.1 Å². The van der Waals surface area contributed by atoms with Crippen LogP contribution >= 0.6 is 0 Å². The molecule has 0 unspecified atom stereocenters. The second-order valence-electron chi connectivity index (χ2n) is 6.00. The van der Waals surface area contributed by atoms with E-state index < -0.39 is 5.97 Å². The Bertz CT molecular complexity index is 624. The predicted molar refractivity (Wildman–Crippen MR) is 75.9 cm³/mol. The number of carbonyl (C=O) groups is 3. The van der Waals surface area contributed by atoms with Gasteiger partial charge in [-0.2, -0.15) is 0 Å². The molecule has 1 aliphatic heterocycles. The summed E-state index contributed by atoms with van der Waals surface area (Å²) in [4.78, 5) is 37.2. The van der Waals surface area contributed by atoms with Gasteiger partial charge in [0.1, 0.15) is 0 Å². The predicted octanol–water partition coefficient (Wildman–Crippen LogP) is 2.31. The molecule has 0 bridgehead atoms. The van der Waals surface area contributed by atoms with Crippen LogP contribution in [0.3, 0.4) is 0 Å². The van der Waals surface area contributed by atoms with E-state index in [9.17, 15) is 14.4 Å². The minimum Gasteiger partial charge on any atom is -0.478 e. The Labute approximate surface area is 122 Å². The van der Waals surface area contributed by atoms with Crippen LogP contribution in [-0.4, -0.2) is 22.9 Å². The van der Waals surface area contributed by atoms with Crippen molar-refractivity contribution in [3.63, 3.8) is 0 Å². The summed E-state index contributed by atoms with van der Waals surface area (Å²) in [5.74, 6) is -1.45. The standard InChI is InChI=1S/C16H17NO4/c1-9-5-6-12-13(7-9)15(19)17(14(12)18)11-4-2-3-10(8-11)16(20)21/h2-4,8-9,12-13H,5-7H2,1H3,(H,20,21)/t9-,12-,13-/m1/s1. The molecule has 2 fully saturated rings. The number of rotatable bonds is 2. The summed E-state index contributed by atoms with van der Waals surface area (Å²) in [5, 5.41) is 9.04. The highest BCUT2D eigenvalue weighted by atomic mass is 16.4. The fourth-order valence-corrected chi connectivity index (χ4v) is 3.42. The number of nitrogens with zero attached hydrogens (tertiary/aromatic N) is 1. The average Bonchev–Trinajstić information content (AvgIpc) is 2.70. The molecular formula is C16H17NO4. The Morgan fingerprint density at radius 3 is 2.62 bits per heavy atom. The van der Waals surface area contributed by atoms with Crippen molar-refractivity contribution in [3.05, 3.63) is 29.8 Å². The third-order valence-electron chi connectivity index (χ3n) is 4.54. The number of carboxylic acid groups (broad SMARTS) is 1. The maximum atomic E-state index is 12.5. The quantitative estimate of drug-likeness (QED) is 0.847. The van der Waals surface area contributed by atoms with Crippen molar-refractivity contribution in [2.45, 2.75) is 26.2 Å². The zero-order valence-electron chi connectivity index (χ0n) is 11.8. The largest absolute Gasteiger partial charge is 0.478 e. The number of hydrogen-bond acceptors (Lipinski definition) is 3. The summed E-state index contributed by atoms with van der Waals surface area (Å²) in [7, 11) is 0. The fraction of sp³-hybridized carbons (Fsp3) is 0.438. The zero-order chi connectivity index (χ0) is 15.1. The van der Waals surface area contributed by atoms with Crippen LogP contribution < -0.4 is 4.90 Å². The van der Waals surface area contributed by atoms with Crippen LogP contribution in [0.5, 0.6) is 0 Å². The summed E-state index contributed by atoms with van der Waals surface area (Å²) >= 11 is 0. The van der Waals surface area contributed by atoms with Crippen molar-refractivity contribution in [3.8, 4) is 0 Å². The second kappa shape index (κ2) is 4.98. The van der Waals surface area contributed by atoms with Gasteiger partial charge >= 0.3 is 5.97 Å². The van der Waals surface area contributed by atoms with E-state index in [1.807, 2.05) is 0 Å². The van der Waals surface area contributed by atoms with Crippen molar-refractivity contribution < 1.29 is 19.5 Å².